The summed E-state index contributed by atoms with van der Waals surface area (Å²) in [5, 5.41) is 2.83. The molecule has 174 valence electrons. The highest BCUT2D eigenvalue weighted by molar-refractivity contribution is 7.98. The quantitative estimate of drug-likeness (QED) is 0.310. The molecule has 3 aromatic carbocycles. The lowest BCUT2D eigenvalue weighted by atomic mass is 10.2. The third-order valence-electron chi connectivity index (χ3n) is 4.96. The number of nitrogens with one attached hydrogen (secondary N) is 1. The second kappa shape index (κ2) is 11.6. The predicted molar refractivity (Wildman–Crippen MR) is 135 cm³/mol. The first-order valence-corrected chi connectivity index (χ1v) is 14.0. The number of rotatable bonds is 10. The van der Waals surface area contributed by atoms with Crippen LogP contribution in [0.4, 0.5) is 10.1 Å². The van der Waals surface area contributed by atoms with Crippen LogP contribution in [0.1, 0.15) is 15.9 Å². The zero-order chi connectivity index (χ0) is 23.8. The van der Waals surface area contributed by atoms with E-state index in [1.807, 2.05) is 6.26 Å². The number of hydrogen-bond acceptors (Lipinski definition) is 5. The molecule has 1 N–H and O–H groups in total. The van der Waals surface area contributed by atoms with Crippen molar-refractivity contribution in [2.45, 2.75) is 15.5 Å². The molecule has 5 nitrogen and oxygen atoms in total. The number of hydrogen-bond donors (Lipinski definition) is 1. The minimum atomic E-state index is -3.70. The molecule has 9 heteroatoms. The summed E-state index contributed by atoms with van der Waals surface area (Å²) in [6.07, 6.45) is 1.93. The molecule has 0 atom stereocenters. The summed E-state index contributed by atoms with van der Waals surface area (Å²) < 4.78 is 40.6. The molecule has 0 fully saturated rings. The van der Waals surface area contributed by atoms with Gasteiger partial charge in [0.1, 0.15) is 5.82 Å². The lowest BCUT2D eigenvalue weighted by molar-refractivity contribution is 0.0956. The summed E-state index contributed by atoms with van der Waals surface area (Å²) in [4.78, 5) is 13.6. The first-order chi connectivity index (χ1) is 15.8. The number of amides is 1. The summed E-state index contributed by atoms with van der Waals surface area (Å²) in [6.45, 7) is 0.444. The number of halogens is 1. The zero-order valence-electron chi connectivity index (χ0n) is 18.3. The van der Waals surface area contributed by atoms with E-state index < -0.39 is 10.0 Å². The number of anilines is 1. The molecule has 0 aliphatic rings. The number of carbonyl (C=O) groups is 1. The van der Waals surface area contributed by atoms with E-state index in [0.717, 1.165) is 4.90 Å². The summed E-state index contributed by atoms with van der Waals surface area (Å²) in [5.74, 6) is 0.719. The highest BCUT2D eigenvalue weighted by Gasteiger charge is 2.21. The monoisotopic (exact) mass is 504 g/mol. The molecule has 3 rings (SSSR count). The van der Waals surface area contributed by atoms with Gasteiger partial charge in [-0.3, -0.25) is 9.10 Å². The second-order valence-corrected chi connectivity index (χ2v) is 11.0. The van der Waals surface area contributed by atoms with Crippen molar-refractivity contribution in [3.63, 3.8) is 0 Å². The van der Waals surface area contributed by atoms with E-state index in [4.69, 9.17) is 0 Å². The largest absolute Gasteiger partial charge is 0.351 e. The van der Waals surface area contributed by atoms with Gasteiger partial charge in [0.2, 0.25) is 0 Å². The Morgan fingerprint density at radius 3 is 2.30 bits per heavy atom. The Hall–Kier alpha value is -2.49. The van der Waals surface area contributed by atoms with Gasteiger partial charge >= 0.3 is 0 Å². The van der Waals surface area contributed by atoms with Crippen molar-refractivity contribution in [2.75, 3.05) is 29.9 Å². The Bertz CT molecular complexity index is 1180. The van der Waals surface area contributed by atoms with Gasteiger partial charge in [0, 0.05) is 35.6 Å². The maximum atomic E-state index is 13.6. The normalized spacial score (nSPS) is 11.2. The Morgan fingerprint density at radius 2 is 1.67 bits per heavy atom. The van der Waals surface area contributed by atoms with Crippen LogP contribution < -0.4 is 9.62 Å². The van der Waals surface area contributed by atoms with E-state index in [9.17, 15) is 17.6 Å². The Balaban J connectivity index is 1.53. The SMILES string of the molecule is CSc1ccc(S(=O)(=O)N(C)c2ccc(C(=O)NCCSCc3ccccc3F)cc2)cc1. The lowest BCUT2D eigenvalue weighted by Crippen LogP contribution is -2.27. The summed E-state index contributed by atoms with van der Waals surface area (Å²) in [5.41, 5.74) is 1.54. The van der Waals surface area contributed by atoms with E-state index in [0.29, 0.717) is 34.9 Å². The van der Waals surface area contributed by atoms with Crippen molar-refractivity contribution >= 4 is 45.1 Å². The van der Waals surface area contributed by atoms with Crippen LogP contribution in [0.5, 0.6) is 0 Å². The highest BCUT2D eigenvalue weighted by Crippen LogP contribution is 2.24. The van der Waals surface area contributed by atoms with Gasteiger partial charge in [-0.05, 0) is 66.4 Å². The fourth-order valence-electron chi connectivity index (χ4n) is 3.00. The predicted octanol–water partition coefficient (Wildman–Crippen LogP) is 5.04. The van der Waals surface area contributed by atoms with Crippen LogP contribution in [0, 0.1) is 5.82 Å². The highest BCUT2D eigenvalue weighted by atomic mass is 32.2. The average Bonchev–Trinajstić information content (AvgIpc) is 2.84. The van der Waals surface area contributed by atoms with E-state index >= 15 is 0 Å². The van der Waals surface area contributed by atoms with Crippen molar-refractivity contribution in [2.24, 2.45) is 0 Å². The second-order valence-electron chi connectivity index (χ2n) is 7.09. The molecule has 0 unspecified atom stereocenters. The van der Waals surface area contributed by atoms with Crippen LogP contribution in [0.25, 0.3) is 0 Å². The number of carbonyl (C=O) groups excluding carboxylic acids is 1. The standard InChI is InChI=1S/C24H25FN2O3S3/c1-27(33(29,30)22-13-11-21(31-2)12-14-22)20-9-7-18(8-10-20)24(28)26-15-16-32-17-19-5-3-4-6-23(19)25/h3-14H,15-17H2,1-2H3,(H,26,28). The van der Waals surface area contributed by atoms with Crippen molar-refractivity contribution in [3.8, 4) is 0 Å². The smallest absolute Gasteiger partial charge is 0.264 e. The summed E-state index contributed by atoms with van der Waals surface area (Å²) >= 11 is 3.08. The number of thioether (sulfide) groups is 2. The molecule has 0 heterocycles. The van der Waals surface area contributed by atoms with E-state index in [-0.39, 0.29) is 16.6 Å². The molecule has 0 aliphatic heterocycles. The van der Waals surface area contributed by atoms with Gasteiger partial charge in [0.25, 0.3) is 15.9 Å². The first kappa shape index (κ1) is 25.1. The lowest BCUT2D eigenvalue weighted by Gasteiger charge is -2.20. The third kappa shape index (κ3) is 6.52. The topological polar surface area (TPSA) is 66.5 Å². The third-order valence-corrected chi connectivity index (χ3v) is 8.51. The van der Waals surface area contributed by atoms with Crippen LogP contribution in [0.3, 0.4) is 0 Å². The van der Waals surface area contributed by atoms with Crippen LogP contribution in [-0.2, 0) is 15.8 Å². The van der Waals surface area contributed by atoms with E-state index in [1.165, 1.54) is 29.2 Å². The molecule has 0 radical (unpaired) electrons. The van der Waals surface area contributed by atoms with Crippen molar-refractivity contribution < 1.29 is 17.6 Å². The number of sulfonamides is 1. The Labute approximate surface area is 202 Å². The maximum absolute atomic E-state index is 13.6. The average molecular weight is 505 g/mol. The van der Waals surface area contributed by atoms with Gasteiger partial charge in [-0.25, -0.2) is 12.8 Å². The first-order valence-electron chi connectivity index (χ1n) is 10.2. The maximum Gasteiger partial charge on any atom is 0.264 e. The molecule has 0 spiro atoms. The van der Waals surface area contributed by atoms with Crippen molar-refractivity contribution in [1.29, 1.82) is 0 Å². The van der Waals surface area contributed by atoms with Crippen LogP contribution in [-0.4, -0.2) is 39.9 Å². The molecule has 0 saturated carbocycles. The van der Waals surface area contributed by atoms with Crippen LogP contribution in [0.2, 0.25) is 0 Å². The molecule has 0 saturated heterocycles. The van der Waals surface area contributed by atoms with Crippen molar-refractivity contribution in [1.82, 2.24) is 5.32 Å². The zero-order valence-corrected chi connectivity index (χ0v) is 20.8. The van der Waals surface area contributed by atoms with Crippen LogP contribution in [0.15, 0.2) is 82.6 Å². The molecule has 1 amide bonds. The minimum absolute atomic E-state index is 0.206. The van der Waals surface area contributed by atoms with Gasteiger partial charge in [-0.2, -0.15) is 11.8 Å². The molecule has 0 aliphatic carbocycles. The molecular weight excluding hydrogens is 479 g/mol. The molecular formula is C24H25FN2O3S3. The van der Waals surface area contributed by atoms with Gasteiger partial charge in [0.05, 0.1) is 10.6 Å². The van der Waals surface area contributed by atoms with E-state index in [2.05, 4.69) is 5.32 Å². The van der Waals surface area contributed by atoms with E-state index in [1.54, 1.807) is 78.5 Å². The van der Waals surface area contributed by atoms with Gasteiger partial charge < -0.3 is 5.32 Å². The van der Waals surface area contributed by atoms with Crippen LogP contribution >= 0.6 is 23.5 Å². The summed E-state index contributed by atoms with van der Waals surface area (Å²) in [6, 6.07) is 19.8. The number of benzene rings is 3. The van der Waals surface area contributed by atoms with Gasteiger partial charge in [-0.15, -0.1) is 11.8 Å². The minimum Gasteiger partial charge on any atom is -0.351 e. The fourth-order valence-corrected chi connectivity index (χ4v) is 5.45. The number of nitrogens with zero attached hydrogens (tertiary/aromatic N) is 1. The fraction of sp³-hybridized carbons (Fsp3) is 0.208. The van der Waals surface area contributed by atoms with Crippen molar-refractivity contribution in [3.05, 3.63) is 89.7 Å². The van der Waals surface area contributed by atoms with Gasteiger partial charge in [0.15, 0.2) is 0 Å². The molecule has 33 heavy (non-hydrogen) atoms. The molecule has 0 aromatic heterocycles. The van der Waals surface area contributed by atoms with Gasteiger partial charge in [-0.1, -0.05) is 18.2 Å². The summed E-state index contributed by atoms with van der Waals surface area (Å²) in [7, 11) is -2.22. The Morgan fingerprint density at radius 1 is 1.00 bits per heavy atom. The molecule has 0 bridgehead atoms. The Kier molecular flexibility index (Phi) is 8.82. The molecule has 3 aromatic rings.